The van der Waals surface area contributed by atoms with Crippen LogP contribution in [0.25, 0.3) is 10.9 Å². The molecule has 1 N–H and O–H groups in total. The van der Waals surface area contributed by atoms with Gasteiger partial charge < -0.3 is 19.4 Å². The predicted molar refractivity (Wildman–Crippen MR) is 143 cm³/mol. The molecule has 37 heavy (non-hydrogen) atoms. The first-order chi connectivity index (χ1) is 18.0. The zero-order valence-electron chi connectivity index (χ0n) is 21.0. The number of rotatable bonds is 9. The lowest BCUT2D eigenvalue weighted by Gasteiger charge is -2.28. The van der Waals surface area contributed by atoms with Gasteiger partial charge in [0.2, 0.25) is 0 Å². The fourth-order valence-electron chi connectivity index (χ4n) is 4.80. The highest BCUT2D eigenvalue weighted by molar-refractivity contribution is 6.13. The molecular formula is C28H32ClN3O5. The van der Waals surface area contributed by atoms with Crippen molar-refractivity contribution in [3.05, 3.63) is 81.6 Å². The third-order valence-electron chi connectivity index (χ3n) is 6.74. The van der Waals surface area contributed by atoms with Crippen molar-refractivity contribution in [3.63, 3.8) is 0 Å². The molecule has 0 atom stereocenters. The van der Waals surface area contributed by atoms with Gasteiger partial charge >= 0.3 is 12.1 Å². The molecule has 1 aromatic heterocycles. The molecule has 2 heterocycles. The van der Waals surface area contributed by atoms with Gasteiger partial charge in [-0.25, -0.2) is 14.0 Å². The Balaban J connectivity index is 1.52. The molecule has 1 aliphatic rings. The molecule has 0 spiro atoms. The zero-order chi connectivity index (χ0) is 26.2. The van der Waals surface area contributed by atoms with Crippen LogP contribution in [0.15, 0.2) is 59.4 Å². The fourth-order valence-corrected chi connectivity index (χ4v) is 5.00. The summed E-state index contributed by atoms with van der Waals surface area (Å²) in [5, 5.41) is 3.33. The minimum atomic E-state index is -0.539. The number of amides is 1. The van der Waals surface area contributed by atoms with Crippen LogP contribution >= 0.6 is 11.8 Å². The van der Waals surface area contributed by atoms with E-state index >= 15 is 0 Å². The summed E-state index contributed by atoms with van der Waals surface area (Å²) in [7, 11) is 1.33. The number of halogens is 1. The largest absolute Gasteiger partial charge is 0.464 e. The number of ether oxygens (including phenoxy) is 2. The number of piperidine rings is 1. The van der Waals surface area contributed by atoms with Gasteiger partial charge in [-0.15, -0.1) is 0 Å². The minimum absolute atomic E-state index is 0.136. The summed E-state index contributed by atoms with van der Waals surface area (Å²) < 4.78 is 14.0. The van der Waals surface area contributed by atoms with E-state index in [-0.39, 0.29) is 23.6 Å². The average Bonchev–Trinajstić information content (AvgIpc) is 2.93. The summed E-state index contributed by atoms with van der Waals surface area (Å²) >= 11 is 6.12. The van der Waals surface area contributed by atoms with Crippen molar-refractivity contribution in [2.75, 3.05) is 26.7 Å². The van der Waals surface area contributed by atoms with Gasteiger partial charge in [-0.3, -0.25) is 4.79 Å². The highest BCUT2D eigenvalue weighted by atomic mass is 35.5. The lowest BCUT2D eigenvalue weighted by Crippen LogP contribution is -2.31. The van der Waals surface area contributed by atoms with Gasteiger partial charge in [0, 0.05) is 37.1 Å². The lowest BCUT2D eigenvalue weighted by molar-refractivity contribution is 0.0585. The second-order valence-corrected chi connectivity index (χ2v) is 9.69. The summed E-state index contributed by atoms with van der Waals surface area (Å²) in [6.07, 6.45) is 2.22. The van der Waals surface area contributed by atoms with Gasteiger partial charge in [-0.2, -0.15) is 0 Å². The molecule has 1 aliphatic heterocycles. The number of benzene rings is 2. The number of pyridine rings is 1. The fraction of sp³-hybridized carbons (Fsp3) is 0.393. The van der Waals surface area contributed by atoms with Crippen LogP contribution < -0.4 is 10.7 Å². The molecule has 4 rings (SSSR count). The second-order valence-electron chi connectivity index (χ2n) is 9.22. The molecular weight excluding hydrogens is 494 g/mol. The molecule has 0 saturated carbocycles. The quantitative estimate of drug-likeness (QED) is 0.251. The number of alkyl carbamates (subject to hydrolysis) is 1. The van der Waals surface area contributed by atoms with Gasteiger partial charge in [-0.1, -0.05) is 42.5 Å². The number of nitrogens with one attached hydrogen (secondary N) is 1. The standard InChI is InChI=1S/C28H32ClN3O5/c1-36-27(34)25-23(18-20-12-16-31(29)17-13-20)26(33)22-10-5-6-11-24(22)32(25)15-7-14-30-28(35)37-19-21-8-3-2-4-9-21/h2-6,8-11,20H,7,12-19H2,1H3,(H,30,35). The molecule has 1 fully saturated rings. The topological polar surface area (TPSA) is 89.9 Å². The first-order valence-corrected chi connectivity index (χ1v) is 12.9. The van der Waals surface area contributed by atoms with E-state index in [1.54, 1.807) is 10.5 Å². The number of aryl methyl sites for hydroxylation is 1. The molecule has 8 nitrogen and oxygen atoms in total. The van der Waals surface area contributed by atoms with Crippen LogP contribution in [-0.4, -0.2) is 47.8 Å². The van der Waals surface area contributed by atoms with Gasteiger partial charge in [0.15, 0.2) is 5.43 Å². The van der Waals surface area contributed by atoms with Crippen LogP contribution in [0.3, 0.4) is 0 Å². The normalized spacial score (nSPS) is 14.4. The van der Waals surface area contributed by atoms with Crippen LogP contribution in [0, 0.1) is 5.92 Å². The molecule has 9 heteroatoms. The van der Waals surface area contributed by atoms with E-state index in [4.69, 9.17) is 21.3 Å². The number of fused-ring (bicyclic) bond motifs is 1. The van der Waals surface area contributed by atoms with Crippen molar-refractivity contribution in [1.29, 1.82) is 0 Å². The van der Waals surface area contributed by atoms with Gasteiger partial charge in [0.25, 0.3) is 0 Å². The molecule has 196 valence electrons. The number of nitrogens with zero attached hydrogens (tertiary/aromatic N) is 2. The number of para-hydroxylation sites is 1. The van der Waals surface area contributed by atoms with Crippen LogP contribution in [0.1, 0.15) is 40.9 Å². The first-order valence-electron chi connectivity index (χ1n) is 12.6. The Kier molecular flexibility index (Phi) is 9.19. The van der Waals surface area contributed by atoms with Crippen molar-refractivity contribution in [1.82, 2.24) is 14.3 Å². The first kappa shape index (κ1) is 26.7. The van der Waals surface area contributed by atoms with Crippen molar-refractivity contribution in [2.45, 2.75) is 38.8 Å². The van der Waals surface area contributed by atoms with E-state index in [9.17, 15) is 14.4 Å². The summed E-state index contributed by atoms with van der Waals surface area (Å²) in [6.45, 7) is 2.44. The van der Waals surface area contributed by atoms with Crippen LogP contribution in [0.4, 0.5) is 4.79 Å². The molecule has 0 bridgehead atoms. The third-order valence-corrected chi connectivity index (χ3v) is 7.08. The Bertz CT molecular complexity index is 1290. The van der Waals surface area contributed by atoms with E-state index in [0.29, 0.717) is 42.4 Å². The summed E-state index contributed by atoms with van der Waals surface area (Å²) in [5.41, 5.74) is 2.20. The van der Waals surface area contributed by atoms with Crippen molar-refractivity contribution in [3.8, 4) is 0 Å². The Morgan fingerprint density at radius 1 is 1.05 bits per heavy atom. The Morgan fingerprint density at radius 2 is 1.76 bits per heavy atom. The summed E-state index contributed by atoms with van der Waals surface area (Å²) in [6, 6.07) is 16.7. The molecule has 2 aromatic carbocycles. The molecule has 0 aliphatic carbocycles. The number of hydrogen-bond donors (Lipinski definition) is 1. The highest BCUT2D eigenvalue weighted by Crippen LogP contribution is 2.25. The lowest BCUT2D eigenvalue weighted by atomic mass is 9.89. The van der Waals surface area contributed by atoms with Gasteiger partial charge in [-0.05, 0) is 61.1 Å². The molecule has 1 amide bonds. The number of aromatic nitrogens is 1. The summed E-state index contributed by atoms with van der Waals surface area (Å²) in [5.74, 6) is -0.287. The average molecular weight is 526 g/mol. The number of hydrogen-bond acceptors (Lipinski definition) is 6. The third kappa shape index (κ3) is 6.70. The Labute approximate surface area is 221 Å². The maximum absolute atomic E-state index is 13.5. The molecule has 0 radical (unpaired) electrons. The molecule has 1 saturated heterocycles. The van der Waals surface area contributed by atoms with E-state index in [1.807, 2.05) is 53.1 Å². The van der Waals surface area contributed by atoms with Crippen molar-refractivity contribution >= 4 is 34.7 Å². The minimum Gasteiger partial charge on any atom is -0.464 e. The van der Waals surface area contributed by atoms with Gasteiger partial charge in [0.05, 0.1) is 12.6 Å². The Morgan fingerprint density at radius 3 is 2.49 bits per heavy atom. The highest BCUT2D eigenvalue weighted by Gasteiger charge is 2.27. The van der Waals surface area contributed by atoms with E-state index in [1.165, 1.54) is 7.11 Å². The predicted octanol–water partition coefficient (Wildman–Crippen LogP) is 4.51. The molecule has 0 unspecified atom stereocenters. The van der Waals surface area contributed by atoms with Crippen LogP contribution in [0.2, 0.25) is 0 Å². The van der Waals surface area contributed by atoms with E-state index in [2.05, 4.69) is 5.32 Å². The summed E-state index contributed by atoms with van der Waals surface area (Å²) in [4.78, 5) is 38.7. The van der Waals surface area contributed by atoms with Crippen LogP contribution in [0.5, 0.6) is 0 Å². The number of esters is 1. The van der Waals surface area contributed by atoms with Gasteiger partial charge in [0.1, 0.15) is 12.3 Å². The number of carbonyl (C=O) groups excluding carboxylic acids is 2. The second kappa shape index (κ2) is 12.7. The Hall–Kier alpha value is -3.36. The van der Waals surface area contributed by atoms with Crippen molar-refractivity contribution in [2.24, 2.45) is 5.92 Å². The number of carbonyl (C=O) groups is 2. The number of methoxy groups -OCH3 is 1. The zero-order valence-corrected chi connectivity index (χ0v) is 21.7. The SMILES string of the molecule is COC(=O)c1c(CC2CCN(Cl)CC2)c(=O)c2ccccc2n1CCCNC(=O)OCc1ccccc1. The van der Waals surface area contributed by atoms with E-state index < -0.39 is 12.1 Å². The smallest absolute Gasteiger partial charge is 0.407 e. The van der Waals surface area contributed by atoms with Crippen molar-refractivity contribution < 1.29 is 19.1 Å². The van der Waals surface area contributed by atoms with E-state index in [0.717, 1.165) is 31.5 Å². The van der Waals surface area contributed by atoms with Crippen LogP contribution in [-0.2, 0) is 29.0 Å². The maximum Gasteiger partial charge on any atom is 0.407 e. The molecule has 3 aromatic rings. The monoisotopic (exact) mass is 525 g/mol. The maximum atomic E-state index is 13.5.